The number of hydrogen-bond acceptors (Lipinski definition) is 2. The van der Waals surface area contributed by atoms with Crippen molar-refractivity contribution in [2.75, 3.05) is 13.1 Å². The number of amidine groups is 1. The van der Waals surface area contributed by atoms with Gasteiger partial charge in [0.15, 0.2) is 0 Å². The highest BCUT2D eigenvalue weighted by molar-refractivity contribution is 6.13. The maximum Gasteiger partial charge on any atom is 0.137 e. The number of hydrogen-bond donors (Lipinski definition) is 0. The van der Waals surface area contributed by atoms with Crippen molar-refractivity contribution in [3.63, 3.8) is 0 Å². The van der Waals surface area contributed by atoms with Crippen molar-refractivity contribution < 1.29 is 0 Å². The van der Waals surface area contributed by atoms with Crippen LogP contribution in [0.15, 0.2) is 4.66 Å². The predicted molar refractivity (Wildman–Crippen MR) is 84.1 cm³/mol. The fourth-order valence-corrected chi connectivity index (χ4v) is 3.70. The summed E-state index contributed by atoms with van der Waals surface area (Å²) >= 11 is 0. The van der Waals surface area contributed by atoms with Crippen LogP contribution in [0.4, 0.5) is 0 Å². The number of unbranched alkanes of at least 4 members (excludes halogenated alkanes) is 2. The molecule has 1 aliphatic rings. The van der Waals surface area contributed by atoms with Crippen LogP contribution in [0.1, 0.15) is 60.3 Å². The summed E-state index contributed by atoms with van der Waals surface area (Å²) < 4.78 is 4.70. The smallest absolute Gasteiger partial charge is 0.137 e. The fourth-order valence-electron chi connectivity index (χ4n) is 3.08. The fraction of sp³-hybridized carbons (Fsp3) is 0.929. The van der Waals surface area contributed by atoms with Crippen LogP contribution in [0, 0.1) is 0 Å². The van der Waals surface area contributed by atoms with Gasteiger partial charge in [-0.15, -0.1) is 0 Å². The maximum atomic E-state index is 4.70. The Morgan fingerprint density at radius 1 is 1.17 bits per heavy atom. The Bertz CT molecular complexity index is 289. The van der Waals surface area contributed by atoms with Gasteiger partial charge in [0.25, 0.3) is 0 Å². The Balaban J connectivity index is 2.89. The molecule has 1 atom stereocenters. The van der Waals surface area contributed by atoms with Gasteiger partial charge in [-0.1, -0.05) is 26.7 Å². The van der Waals surface area contributed by atoms with Gasteiger partial charge in [0, 0.05) is 13.1 Å². The number of rotatable bonds is 6. The SMILES string of the molecule is CCCCN1C(=N[SiH3])C(C)N(CCCC)C1(C)C. The highest BCUT2D eigenvalue weighted by Crippen LogP contribution is 2.32. The molecule has 1 saturated heterocycles. The van der Waals surface area contributed by atoms with E-state index in [4.69, 9.17) is 4.66 Å². The van der Waals surface area contributed by atoms with E-state index in [1.807, 2.05) is 0 Å². The molecule has 1 heterocycles. The Morgan fingerprint density at radius 2 is 1.72 bits per heavy atom. The minimum Gasteiger partial charge on any atom is -0.342 e. The van der Waals surface area contributed by atoms with Crippen LogP contribution in [0.3, 0.4) is 0 Å². The molecule has 106 valence electrons. The summed E-state index contributed by atoms with van der Waals surface area (Å²) in [4.78, 5) is 5.17. The molecular weight excluding hydrogens is 238 g/mol. The van der Waals surface area contributed by atoms with Gasteiger partial charge in [-0.05, 0) is 33.6 Å². The largest absolute Gasteiger partial charge is 0.342 e. The molecule has 0 aromatic heterocycles. The summed E-state index contributed by atoms with van der Waals surface area (Å²) in [7, 11) is 0.912. The second kappa shape index (κ2) is 6.71. The van der Waals surface area contributed by atoms with E-state index in [-0.39, 0.29) is 5.66 Å². The van der Waals surface area contributed by atoms with E-state index in [0.29, 0.717) is 6.04 Å². The second-order valence-electron chi connectivity index (χ2n) is 5.80. The van der Waals surface area contributed by atoms with Crippen LogP contribution in [-0.2, 0) is 0 Å². The zero-order valence-corrected chi connectivity index (χ0v) is 15.2. The monoisotopic (exact) mass is 269 g/mol. The first-order chi connectivity index (χ1) is 8.50. The molecule has 1 rings (SSSR count). The van der Waals surface area contributed by atoms with E-state index in [2.05, 4.69) is 44.4 Å². The molecular formula is C14H31N3Si. The van der Waals surface area contributed by atoms with Crippen molar-refractivity contribution >= 4 is 16.2 Å². The molecule has 0 saturated carbocycles. The lowest BCUT2D eigenvalue weighted by Gasteiger charge is -2.39. The first-order valence-corrected chi connectivity index (χ1v) is 8.41. The lowest BCUT2D eigenvalue weighted by Crippen LogP contribution is -2.50. The van der Waals surface area contributed by atoms with E-state index in [1.165, 1.54) is 38.1 Å². The average Bonchev–Trinajstić information content (AvgIpc) is 2.51. The van der Waals surface area contributed by atoms with Gasteiger partial charge in [0.05, 0.1) is 11.7 Å². The normalized spacial score (nSPS) is 26.4. The highest BCUT2D eigenvalue weighted by Gasteiger charge is 2.46. The van der Waals surface area contributed by atoms with E-state index >= 15 is 0 Å². The Hall–Kier alpha value is -0.353. The van der Waals surface area contributed by atoms with Crippen LogP contribution < -0.4 is 0 Å². The summed E-state index contributed by atoms with van der Waals surface area (Å²) in [5, 5.41) is 0. The van der Waals surface area contributed by atoms with Crippen molar-refractivity contribution in [3.8, 4) is 0 Å². The van der Waals surface area contributed by atoms with Gasteiger partial charge in [0.2, 0.25) is 0 Å². The van der Waals surface area contributed by atoms with Gasteiger partial charge < -0.3 is 9.56 Å². The zero-order valence-electron chi connectivity index (χ0n) is 13.2. The minimum atomic E-state index is 0.132. The third-order valence-corrected chi connectivity index (χ3v) is 4.66. The third-order valence-electron chi connectivity index (χ3n) is 4.20. The third kappa shape index (κ3) is 2.97. The van der Waals surface area contributed by atoms with Crippen LogP contribution >= 0.6 is 0 Å². The first-order valence-electron chi connectivity index (χ1n) is 7.51. The molecule has 0 spiro atoms. The maximum absolute atomic E-state index is 4.70. The summed E-state index contributed by atoms with van der Waals surface area (Å²) in [5.41, 5.74) is 0.132. The van der Waals surface area contributed by atoms with Crippen molar-refractivity contribution in [1.29, 1.82) is 0 Å². The Morgan fingerprint density at radius 3 is 2.22 bits per heavy atom. The molecule has 3 nitrogen and oxygen atoms in total. The lowest BCUT2D eigenvalue weighted by molar-refractivity contribution is 0.0453. The van der Waals surface area contributed by atoms with Gasteiger partial charge >= 0.3 is 0 Å². The molecule has 1 fully saturated rings. The molecule has 0 aliphatic carbocycles. The highest BCUT2D eigenvalue weighted by atomic mass is 28.2. The topological polar surface area (TPSA) is 18.8 Å². The van der Waals surface area contributed by atoms with Crippen molar-refractivity contribution in [2.45, 2.75) is 72.0 Å². The number of nitrogens with zero attached hydrogens (tertiary/aromatic N) is 3. The van der Waals surface area contributed by atoms with Crippen LogP contribution in [0.25, 0.3) is 0 Å². The zero-order chi connectivity index (χ0) is 13.8. The summed E-state index contributed by atoms with van der Waals surface area (Å²) in [5.74, 6) is 1.33. The van der Waals surface area contributed by atoms with E-state index in [1.54, 1.807) is 0 Å². The molecule has 1 unspecified atom stereocenters. The molecule has 0 radical (unpaired) electrons. The van der Waals surface area contributed by atoms with Gasteiger partial charge in [0.1, 0.15) is 16.2 Å². The Labute approximate surface area is 116 Å². The molecule has 0 amide bonds. The first kappa shape index (κ1) is 15.7. The lowest BCUT2D eigenvalue weighted by atomic mass is 10.1. The van der Waals surface area contributed by atoms with E-state index in [0.717, 1.165) is 16.9 Å². The van der Waals surface area contributed by atoms with Crippen molar-refractivity contribution in [2.24, 2.45) is 4.66 Å². The van der Waals surface area contributed by atoms with Gasteiger partial charge in [-0.3, -0.25) is 4.90 Å². The molecule has 18 heavy (non-hydrogen) atoms. The molecule has 0 aromatic rings. The molecule has 0 aromatic carbocycles. The standard InChI is InChI=1S/C14H31N3Si/c1-6-8-10-16-12(3)13(15-18)17(11-9-7-2)14(16,4)5/h12H,6-11H2,1-5,18H3. The summed E-state index contributed by atoms with van der Waals surface area (Å²) in [6, 6.07) is 0.487. The van der Waals surface area contributed by atoms with Gasteiger partial charge in [-0.2, -0.15) is 0 Å². The van der Waals surface area contributed by atoms with E-state index in [9.17, 15) is 0 Å². The van der Waals surface area contributed by atoms with E-state index < -0.39 is 0 Å². The van der Waals surface area contributed by atoms with Crippen molar-refractivity contribution in [3.05, 3.63) is 0 Å². The summed E-state index contributed by atoms with van der Waals surface area (Å²) in [6.45, 7) is 13.9. The van der Waals surface area contributed by atoms with Crippen LogP contribution in [0.2, 0.25) is 0 Å². The quantitative estimate of drug-likeness (QED) is 0.687. The summed E-state index contributed by atoms with van der Waals surface area (Å²) in [6.07, 6.45) is 5.06. The molecule has 1 aliphatic heterocycles. The average molecular weight is 270 g/mol. The predicted octanol–water partition coefficient (Wildman–Crippen LogP) is 2.01. The van der Waals surface area contributed by atoms with Crippen LogP contribution in [0.5, 0.6) is 0 Å². The second-order valence-corrected chi connectivity index (χ2v) is 6.25. The van der Waals surface area contributed by atoms with Gasteiger partial charge in [-0.25, -0.2) is 0 Å². The molecule has 4 heteroatoms. The van der Waals surface area contributed by atoms with Crippen LogP contribution in [-0.4, -0.2) is 50.8 Å². The molecule has 0 bridgehead atoms. The minimum absolute atomic E-state index is 0.132. The molecule has 0 N–H and O–H groups in total. The Kier molecular flexibility index (Phi) is 5.85. The van der Waals surface area contributed by atoms with Crippen molar-refractivity contribution in [1.82, 2.24) is 9.80 Å².